The van der Waals surface area contributed by atoms with Gasteiger partial charge in [-0.2, -0.15) is 0 Å². The van der Waals surface area contributed by atoms with E-state index in [2.05, 4.69) is 50.5 Å². The second-order valence-corrected chi connectivity index (χ2v) is 16.2. The van der Waals surface area contributed by atoms with E-state index < -0.39 is 29.5 Å². The third-order valence-electron chi connectivity index (χ3n) is 8.35. The number of hydrogen-bond acceptors (Lipinski definition) is 9. The molecule has 5 aromatic carbocycles. The van der Waals surface area contributed by atoms with Crippen LogP contribution in [0.3, 0.4) is 0 Å². The molecular formula is C36H21I4NO10. The molecule has 51 heavy (non-hydrogen) atoms. The van der Waals surface area contributed by atoms with E-state index in [1.54, 1.807) is 42.5 Å². The van der Waals surface area contributed by atoms with Crippen LogP contribution in [-0.2, 0) is 21.6 Å². The Morgan fingerprint density at radius 3 is 1.90 bits per heavy atom. The number of halogens is 4. The SMILES string of the molecule is O=C(N[C@@H](Cc1cc(I)c(Oc2cc(I)c(O)c(I)c2)c(I)c1)C(=O)O)c1ccc2c(c1)C(=O)OC21c2ccc(O)cc2Oc2cc(O)ccc21. The van der Waals surface area contributed by atoms with Crippen molar-refractivity contribution in [3.8, 4) is 40.2 Å². The van der Waals surface area contributed by atoms with Gasteiger partial charge in [0.25, 0.3) is 5.91 Å². The molecule has 0 unspecified atom stereocenters. The van der Waals surface area contributed by atoms with Crippen LogP contribution in [0.2, 0.25) is 0 Å². The number of carboxylic acid groups (broad SMARTS) is 1. The fourth-order valence-electron chi connectivity index (χ4n) is 6.07. The summed E-state index contributed by atoms with van der Waals surface area (Å²) in [4.78, 5) is 39.4. The first-order valence-electron chi connectivity index (χ1n) is 14.9. The van der Waals surface area contributed by atoms with Gasteiger partial charge in [0, 0.05) is 40.8 Å². The molecule has 1 spiro atoms. The summed E-state index contributed by atoms with van der Waals surface area (Å²) in [5, 5.41) is 43.1. The van der Waals surface area contributed by atoms with E-state index in [4.69, 9.17) is 14.2 Å². The molecule has 258 valence electrons. The lowest BCUT2D eigenvalue weighted by Crippen LogP contribution is -2.42. The highest BCUT2D eigenvalue weighted by atomic mass is 127. The lowest BCUT2D eigenvalue weighted by Gasteiger charge is -2.36. The van der Waals surface area contributed by atoms with Crippen molar-refractivity contribution in [1.82, 2.24) is 5.32 Å². The molecule has 15 heteroatoms. The normalized spacial score (nSPS) is 14.1. The van der Waals surface area contributed by atoms with Gasteiger partial charge in [0.15, 0.2) is 11.4 Å². The molecule has 2 aliphatic rings. The number of fused-ring (bicyclic) bond motifs is 6. The molecule has 5 N–H and O–H groups in total. The standard InChI is InChI=1S/C36H21I4NO10/c37-24-13-19(14-25(38)31(24)44)49-32-26(39)7-15(8-27(32)40)9-28(34(46)47)41-33(45)16-1-4-21-20(10-16)35(48)51-36(21)22-5-2-17(42)11-29(22)50-30-12-18(43)3-6-23(30)36/h1-8,10-14,28,42-44H,9H2,(H,41,45)(H,46,47)/t28-/m0/s1. The second kappa shape index (κ2) is 13.8. The van der Waals surface area contributed by atoms with Crippen LogP contribution in [0.4, 0.5) is 0 Å². The van der Waals surface area contributed by atoms with Crippen LogP contribution in [0.1, 0.15) is 43.0 Å². The predicted molar refractivity (Wildman–Crippen MR) is 216 cm³/mol. The largest absolute Gasteiger partial charge is 0.508 e. The number of phenols is 3. The number of ether oxygens (including phenoxy) is 3. The lowest BCUT2D eigenvalue weighted by atomic mass is 9.77. The molecule has 2 aliphatic heterocycles. The number of esters is 1. The first kappa shape index (κ1) is 35.8. The summed E-state index contributed by atoms with van der Waals surface area (Å²) in [7, 11) is 0. The van der Waals surface area contributed by atoms with Gasteiger partial charge in [-0.15, -0.1) is 0 Å². The fraction of sp³-hybridized carbons (Fsp3) is 0.0833. The Balaban J connectivity index is 1.16. The number of benzene rings is 5. The van der Waals surface area contributed by atoms with Gasteiger partial charge in [0.2, 0.25) is 0 Å². The molecule has 0 aromatic heterocycles. The molecule has 0 fully saturated rings. The van der Waals surface area contributed by atoms with Crippen molar-refractivity contribution in [2.75, 3.05) is 0 Å². The Morgan fingerprint density at radius 1 is 0.765 bits per heavy atom. The first-order valence-corrected chi connectivity index (χ1v) is 19.2. The summed E-state index contributed by atoms with van der Waals surface area (Å²) >= 11 is 8.26. The van der Waals surface area contributed by atoms with Gasteiger partial charge < -0.3 is 40.0 Å². The maximum atomic E-state index is 13.5. The number of aromatic hydroxyl groups is 3. The maximum absolute atomic E-state index is 13.5. The van der Waals surface area contributed by atoms with Crippen LogP contribution in [0, 0.1) is 14.3 Å². The Kier molecular flexibility index (Phi) is 9.67. The molecule has 0 bridgehead atoms. The molecule has 7 rings (SSSR count). The van der Waals surface area contributed by atoms with Gasteiger partial charge in [-0.05, 0) is 157 Å². The molecule has 5 aromatic rings. The summed E-state index contributed by atoms with van der Waals surface area (Å²) in [6.45, 7) is 0. The number of phenolic OH excluding ortho intramolecular Hbond substituents is 3. The number of carbonyl (C=O) groups excluding carboxylic acids is 2. The minimum absolute atomic E-state index is 0.0360. The number of carbonyl (C=O) groups is 3. The Bertz CT molecular complexity index is 2230. The monoisotopic (exact) mass is 1130 g/mol. The van der Waals surface area contributed by atoms with Gasteiger partial charge >= 0.3 is 11.9 Å². The van der Waals surface area contributed by atoms with Gasteiger partial charge in [0.05, 0.1) is 19.8 Å². The number of nitrogens with one attached hydrogen (secondary N) is 1. The van der Waals surface area contributed by atoms with Crippen LogP contribution in [0.15, 0.2) is 78.9 Å². The first-order chi connectivity index (χ1) is 24.2. The average molecular weight is 1140 g/mol. The summed E-state index contributed by atoms with van der Waals surface area (Å²) in [6, 6.07) is 18.9. The van der Waals surface area contributed by atoms with Crippen molar-refractivity contribution in [3.05, 3.63) is 127 Å². The maximum Gasteiger partial charge on any atom is 0.340 e. The molecule has 1 atom stereocenters. The van der Waals surface area contributed by atoms with E-state index in [0.29, 0.717) is 40.9 Å². The van der Waals surface area contributed by atoms with E-state index in [-0.39, 0.29) is 46.3 Å². The number of hydrogen-bond donors (Lipinski definition) is 5. The van der Waals surface area contributed by atoms with E-state index in [1.165, 1.54) is 36.4 Å². The molecule has 0 saturated carbocycles. The smallest absolute Gasteiger partial charge is 0.340 e. The summed E-state index contributed by atoms with van der Waals surface area (Å²) in [5.74, 6) is -1.12. The summed E-state index contributed by atoms with van der Waals surface area (Å²) < 4.78 is 20.9. The van der Waals surface area contributed by atoms with Crippen LogP contribution in [0.25, 0.3) is 0 Å². The molecule has 11 nitrogen and oxygen atoms in total. The summed E-state index contributed by atoms with van der Waals surface area (Å²) in [5.41, 5.74) is 0.551. The highest BCUT2D eigenvalue weighted by Gasteiger charge is 2.53. The Labute approximate surface area is 343 Å². The van der Waals surface area contributed by atoms with Crippen molar-refractivity contribution in [2.24, 2.45) is 0 Å². The number of amides is 1. The van der Waals surface area contributed by atoms with Crippen LogP contribution >= 0.6 is 90.4 Å². The average Bonchev–Trinajstić information content (AvgIpc) is 3.36. The van der Waals surface area contributed by atoms with Crippen molar-refractivity contribution in [2.45, 2.75) is 18.1 Å². The van der Waals surface area contributed by atoms with Crippen LogP contribution in [-0.4, -0.2) is 44.3 Å². The van der Waals surface area contributed by atoms with Crippen LogP contribution < -0.4 is 14.8 Å². The van der Waals surface area contributed by atoms with Crippen molar-refractivity contribution in [3.63, 3.8) is 0 Å². The van der Waals surface area contributed by atoms with Gasteiger partial charge in [0.1, 0.15) is 40.5 Å². The zero-order valence-electron chi connectivity index (χ0n) is 25.5. The highest BCUT2D eigenvalue weighted by Crippen LogP contribution is 2.57. The zero-order valence-corrected chi connectivity index (χ0v) is 34.2. The van der Waals surface area contributed by atoms with Gasteiger partial charge in [-0.25, -0.2) is 9.59 Å². The molecule has 1 amide bonds. The number of carboxylic acids is 1. The fourth-order valence-corrected chi connectivity index (χ4v) is 9.90. The van der Waals surface area contributed by atoms with E-state index in [9.17, 15) is 34.8 Å². The molecule has 0 radical (unpaired) electrons. The minimum Gasteiger partial charge on any atom is -0.508 e. The zero-order chi connectivity index (χ0) is 36.4. The third kappa shape index (κ3) is 6.53. The van der Waals surface area contributed by atoms with Crippen molar-refractivity contribution < 1.29 is 49.0 Å². The second-order valence-electron chi connectivity index (χ2n) is 11.6. The highest BCUT2D eigenvalue weighted by molar-refractivity contribution is 14.1. The van der Waals surface area contributed by atoms with E-state index >= 15 is 0 Å². The van der Waals surface area contributed by atoms with Crippen molar-refractivity contribution in [1.29, 1.82) is 0 Å². The lowest BCUT2D eigenvalue weighted by molar-refractivity contribution is -0.139. The van der Waals surface area contributed by atoms with E-state index in [0.717, 1.165) is 7.14 Å². The van der Waals surface area contributed by atoms with E-state index in [1.807, 2.05) is 45.2 Å². The molecular weight excluding hydrogens is 1110 g/mol. The summed E-state index contributed by atoms with van der Waals surface area (Å²) in [6.07, 6.45) is -0.0360. The van der Waals surface area contributed by atoms with Gasteiger partial charge in [-0.1, -0.05) is 6.07 Å². The Hall–Kier alpha value is -3.57. The number of aliphatic carboxylic acids is 1. The van der Waals surface area contributed by atoms with Crippen LogP contribution in [0.5, 0.6) is 40.2 Å². The molecule has 2 heterocycles. The quantitative estimate of drug-likeness (QED) is 0.0795. The third-order valence-corrected chi connectivity index (χ3v) is 11.6. The molecule has 0 saturated heterocycles. The predicted octanol–water partition coefficient (Wildman–Crippen LogP) is 8.01. The number of rotatable bonds is 7. The van der Waals surface area contributed by atoms with Gasteiger partial charge in [-0.3, -0.25) is 4.79 Å². The van der Waals surface area contributed by atoms with Crippen molar-refractivity contribution >= 4 is 108 Å². The Morgan fingerprint density at radius 2 is 1.33 bits per heavy atom. The minimum atomic E-state index is -1.50. The topological polar surface area (TPSA) is 172 Å². The molecule has 0 aliphatic carbocycles.